The highest BCUT2D eigenvalue weighted by Gasteiger charge is 2.20. The first kappa shape index (κ1) is 29.7. The predicted molar refractivity (Wildman–Crippen MR) is 223 cm³/mol. The zero-order valence-electron chi connectivity index (χ0n) is 28.8. The summed E-state index contributed by atoms with van der Waals surface area (Å²) in [6.07, 6.45) is 0. The molecule has 1 aromatic heterocycles. The van der Waals surface area contributed by atoms with E-state index in [9.17, 15) is 0 Å². The van der Waals surface area contributed by atoms with Crippen LogP contribution in [0.3, 0.4) is 0 Å². The van der Waals surface area contributed by atoms with Crippen molar-refractivity contribution < 1.29 is 4.42 Å². The van der Waals surface area contributed by atoms with Gasteiger partial charge in [-0.25, -0.2) is 4.98 Å². The van der Waals surface area contributed by atoms with Gasteiger partial charge in [0.1, 0.15) is 5.52 Å². The molecule has 0 saturated heterocycles. The van der Waals surface area contributed by atoms with Gasteiger partial charge in [0.15, 0.2) is 5.58 Å². The monoisotopic (exact) mass is 673 g/mol. The lowest BCUT2D eigenvalue weighted by Crippen LogP contribution is -1.92. The molecule has 0 aliphatic heterocycles. The summed E-state index contributed by atoms with van der Waals surface area (Å²) in [5.41, 5.74) is 9.99. The smallest absolute Gasteiger partial charge is 0.227 e. The Morgan fingerprint density at radius 1 is 0.340 bits per heavy atom. The lowest BCUT2D eigenvalue weighted by molar-refractivity contribution is 0.623. The number of hydrogen-bond donors (Lipinski definition) is 0. The van der Waals surface area contributed by atoms with Crippen LogP contribution in [0.1, 0.15) is 0 Å². The first-order valence-corrected chi connectivity index (χ1v) is 18.1. The fourth-order valence-corrected chi connectivity index (χ4v) is 8.44. The molecule has 2 nitrogen and oxygen atoms in total. The average Bonchev–Trinajstić information content (AvgIpc) is 3.68. The third-order valence-electron chi connectivity index (χ3n) is 10.8. The summed E-state index contributed by atoms with van der Waals surface area (Å²) in [7, 11) is 0. The van der Waals surface area contributed by atoms with Crippen molar-refractivity contribution in [2.24, 2.45) is 0 Å². The van der Waals surface area contributed by atoms with Gasteiger partial charge in [-0.05, 0) is 118 Å². The van der Waals surface area contributed by atoms with Crippen molar-refractivity contribution in [2.75, 3.05) is 0 Å². The molecular formula is C51H31NO. The molecule has 0 radical (unpaired) electrons. The van der Waals surface area contributed by atoms with Gasteiger partial charge in [0.05, 0.1) is 0 Å². The Kier molecular flexibility index (Phi) is 6.59. The number of nitrogens with zero attached hydrogens (tertiary/aromatic N) is 1. The van der Waals surface area contributed by atoms with Gasteiger partial charge in [-0.15, -0.1) is 0 Å². The van der Waals surface area contributed by atoms with Crippen molar-refractivity contribution >= 4 is 65.0 Å². The van der Waals surface area contributed by atoms with Gasteiger partial charge in [-0.1, -0.05) is 152 Å². The molecule has 0 atom stereocenters. The van der Waals surface area contributed by atoms with Crippen LogP contribution in [0.25, 0.3) is 110 Å². The molecule has 2 heteroatoms. The Labute approximate surface area is 306 Å². The van der Waals surface area contributed by atoms with E-state index in [1.54, 1.807) is 0 Å². The van der Waals surface area contributed by atoms with Crippen LogP contribution in [0.5, 0.6) is 0 Å². The van der Waals surface area contributed by atoms with Gasteiger partial charge in [0.25, 0.3) is 0 Å². The highest BCUT2D eigenvalue weighted by atomic mass is 16.3. The second-order valence-corrected chi connectivity index (χ2v) is 13.9. The lowest BCUT2D eigenvalue weighted by atomic mass is 9.84. The number of hydrogen-bond acceptors (Lipinski definition) is 2. The fourth-order valence-electron chi connectivity index (χ4n) is 8.44. The molecule has 0 unspecified atom stereocenters. The van der Waals surface area contributed by atoms with Crippen molar-refractivity contribution in [3.05, 3.63) is 188 Å². The molecule has 0 saturated carbocycles. The molecule has 0 bridgehead atoms. The van der Waals surface area contributed by atoms with Crippen molar-refractivity contribution in [3.8, 4) is 44.8 Å². The first-order chi connectivity index (χ1) is 26.3. The third-order valence-corrected chi connectivity index (χ3v) is 10.8. The summed E-state index contributed by atoms with van der Waals surface area (Å²) in [6, 6.07) is 67.7. The predicted octanol–water partition coefficient (Wildman–Crippen LogP) is 14.3. The van der Waals surface area contributed by atoms with E-state index >= 15 is 0 Å². The van der Waals surface area contributed by atoms with Crippen molar-refractivity contribution in [2.45, 2.75) is 0 Å². The minimum absolute atomic E-state index is 0.637. The molecule has 0 spiro atoms. The Morgan fingerprint density at radius 3 is 1.58 bits per heavy atom. The van der Waals surface area contributed by atoms with Crippen LogP contribution in [-0.2, 0) is 0 Å². The molecule has 11 rings (SSSR count). The molecular weight excluding hydrogens is 643 g/mol. The second-order valence-electron chi connectivity index (χ2n) is 13.9. The largest absolute Gasteiger partial charge is 0.435 e. The SMILES string of the molecule is c1ccc(-c2nc3ccc4ccc5ccc(-c6c7ccccc7c(-c7cc(-c8ccccc8)c8ccccc8c7)c7ccccc67)cc5c4c3o2)cc1. The Morgan fingerprint density at radius 2 is 0.887 bits per heavy atom. The van der Waals surface area contributed by atoms with Crippen molar-refractivity contribution in [1.29, 1.82) is 0 Å². The number of rotatable bonds is 4. The van der Waals surface area contributed by atoms with Crippen LogP contribution in [-0.4, -0.2) is 4.98 Å². The van der Waals surface area contributed by atoms with Gasteiger partial charge >= 0.3 is 0 Å². The second kappa shape index (κ2) is 11.8. The van der Waals surface area contributed by atoms with E-state index in [0.29, 0.717) is 5.89 Å². The average molecular weight is 674 g/mol. The van der Waals surface area contributed by atoms with E-state index in [4.69, 9.17) is 9.40 Å². The summed E-state index contributed by atoms with van der Waals surface area (Å²) in [5.74, 6) is 0.637. The third kappa shape index (κ3) is 4.70. The van der Waals surface area contributed by atoms with Crippen LogP contribution in [0, 0.1) is 0 Å². The van der Waals surface area contributed by atoms with Gasteiger partial charge in [0, 0.05) is 10.9 Å². The van der Waals surface area contributed by atoms with Gasteiger partial charge in [-0.2, -0.15) is 0 Å². The quantitative estimate of drug-likeness (QED) is 0.137. The maximum absolute atomic E-state index is 6.59. The van der Waals surface area contributed by atoms with Crippen LogP contribution < -0.4 is 0 Å². The summed E-state index contributed by atoms with van der Waals surface area (Å²) in [5, 5.41) is 12.0. The summed E-state index contributed by atoms with van der Waals surface area (Å²) < 4.78 is 6.59. The maximum atomic E-state index is 6.59. The number of aromatic nitrogens is 1. The number of benzene rings is 10. The molecule has 0 amide bonds. The zero-order chi connectivity index (χ0) is 34.9. The topological polar surface area (TPSA) is 26.0 Å². The molecule has 0 N–H and O–H groups in total. The van der Waals surface area contributed by atoms with Crippen LogP contribution >= 0.6 is 0 Å². The highest BCUT2D eigenvalue weighted by Crippen LogP contribution is 2.46. The van der Waals surface area contributed by atoms with Crippen LogP contribution in [0.4, 0.5) is 0 Å². The van der Waals surface area contributed by atoms with E-state index in [0.717, 1.165) is 32.8 Å². The van der Waals surface area contributed by atoms with E-state index in [1.165, 1.54) is 71.1 Å². The summed E-state index contributed by atoms with van der Waals surface area (Å²) in [4.78, 5) is 4.92. The zero-order valence-corrected chi connectivity index (χ0v) is 28.8. The highest BCUT2D eigenvalue weighted by molar-refractivity contribution is 6.24. The van der Waals surface area contributed by atoms with E-state index in [-0.39, 0.29) is 0 Å². The normalized spacial score (nSPS) is 11.8. The fraction of sp³-hybridized carbons (Fsp3) is 0. The Hall–Kier alpha value is -7.03. The Balaban J connectivity index is 1.19. The molecule has 0 aliphatic rings. The van der Waals surface area contributed by atoms with Crippen LogP contribution in [0.2, 0.25) is 0 Å². The molecule has 1 heterocycles. The minimum atomic E-state index is 0.637. The van der Waals surface area contributed by atoms with Gasteiger partial charge < -0.3 is 4.42 Å². The van der Waals surface area contributed by atoms with Gasteiger partial charge in [0.2, 0.25) is 5.89 Å². The standard InChI is InChI=1S/C51H31NO/c1-3-13-32(14-4-1)44-31-38(29-36-17-7-8-18-39(36)44)48-42-21-11-9-19-40(42)47(41-20-10-12-22-43(41)48)37-26-24-33-23-25-34-27-28-46-50(49(34)45(33)30-37)53-51(52-46)35-15-5-2-6-16-35/h1-31H. The van der Waals surface area contributed by atoms with Crippen molar-refractivity contribution in [3.63, 3.8) is 0 Å². The summed E-state index contributed by atoms with van der Waals surface area (Å²) in [6.45, 7) is 0. The minimum Gasteiger partial charge on any atom is -0.435 e. The van der Waals surface area contributed by atoms with E-state index in [2.05, 4.69) is 158 Å². The van der Waals surface area contributed by atoms with Crippen molar-refractivity contribution in [1.82, 2.24) is 4.98 Å². The molecule has 10 aromatic carbocycles. The molecule has 11 aromatic rings. The number of oxazole rings is 1. The molecule has 246 valence electrons. The number of fused-ring (bicyclic) bond motifs is 8. The lowest BCUT2D eigenvalue weighted by Gasteiger charge is -2.19. The first-order valence-electron chi connectivity index (χ1n) is 18.1. The molecule has 0 aliphatic carbocycles. The van der Waals surface area contributed by atoms with Crippen LogP contribution in [0.15, 0.2) is 192 Å². The molecule has 53 heavy (non-hydrogen) atoms. The summed E-state index contributed by atoms with van der Waals surface area (Å²) >= 11 is 0. The maximum Gasteiger partial charge on any atom is 0.227 e. The Bertz CT molecular complexity index is 3160. The van der Waals surface area contributed by atoms with Gasteiger partial charge in [-0.3, -0.25) is 0 Å². The van der Waals surface area contributed by atoms with E-state index < -0.39 is 0 Å². The van der Waals surface area contributed by atoms with E-state index in [1.807, 2.05) is 30.3 Å². The molecule has 0 fully saturated rings.